The maximum atomic E-state index is 12.3. The molecule has 1 unspecified atom stereocenters. The van der Waals surface area contributed by atoms with Gasteiger partial charge in [-0.2, -0.15) is 0 Å². The normalized spacial score (nSPS) is 12.6. The zero-order chi connectivity index (χ0) is 15.7. The Labute approximate surface area is 137 Å². The summed E-state index contributed by atoms with van der Waals surface area (Å²) in [5.41, 5.74) is 1.08. The summed E-state index contributed by atoms with van der Waals surface area (Å²) in [6, 6.07) is 7.61. The monoisotopic (exact) mass is 327 g/mol. The molecular formula is C17H23Cl2NO. The van der Waals surface area contributed by atoms with Gasteiger partial charge in [0.05, 0.1) is 0 Å². The molecule has 0 saturated heterocycles. The molecule has 0 fully saturated rings. The molecule has 1 amide bonds. The number of amides is 1. The van der Waals surface area contributed by atoms with Crippen molar-refractivity contribution in [1.29, 1.82) is 0 Å². The number of nitrogens with zero attached hydrogens (tertiary/aromatic N) is 1. The number of unbranched alkanes of at least 4 members (excludes halogenated alkanes) is 2. The minimum absolute atomic E-state index is 0.00792. The SMILES string of the molecule is CCCCCN(Cc1ccc(Cl)cc1)C(=O)/C=C/C(C)Cl. The Kier molecular flexibility index (Phi) is 8.48. The highest BCUT2D eigenvalue weighted by Crippen LogP contribution is 2.13. The van der Waals surface area contributed by atoms with Crippen LogP contribution in [0.1, 0.15) is 38.7 Å². The molecule has 0 bridgehead atoms. The van der Waals surface area contributed by atoms with E-state index in [4.69, 9.17) is 23.2 Å². The largest absolute Gasteiger partial charge is 0.335 e. The third-order valence-electron chi connectivity index (χ3n) is 3.13. The maximum absolute atomic E-state index is 12.3. The van der Waals surface area contributed by atoms with Gasteiger partial charge in [-0.15, -0.1) is 11.6 Å². The fourth-order valence-corrected chi connectivity index (χ4v) is 2.15. The molecule has 0 spiro atoms. The van der Waals surface area contributed by atoms with Gasteiger partial charge in [0.1, 0.15) is 0 Å². The van der Waals surface area contributed by atoms with Crippen molar-refractivity contribution in [3.63, 3.8) is 0 Å². The van der Waals surface area contributed by atoms with E-state index in [1.807, 2.05) is 36.1 Å². The Bertz CT molecular complexity index is 454. The summed E-state index contributed by atoms with van der Waals surface area (Å²) in [6.07, 6.45) is 6.57. The molecule has 0 aliphatic heterocycles. The Morgan fingerprint density at radius 2 is 1.95 bits per heavy atom. The van der Waals surface area contributed by atoms with E-state index in [9.17, 15) is 4.79 Å². The number of hydrogen-bond donors (Lipinski definition) is 0. The van der Waals surface area contributed by atoms with Gasteiger partial charge in [0.25, 0.3) is 0 Å². The van der Waals surface area contributed by atoms with Crippen molar-refractivity contribution in [2.45, 2.75) is 45.0 Å². The van der Waals surface area contributed by atoms with Crippen molar-refractivity contribution in [3.8, 4) is 0 Å². The van der Waals surface area contributed by atoms with Crippen molar-refractivity contribution in [1.82, 2.24) is 4.90 Å². The zero-order valence-corrected chi connectivity index (χ0v) is 14.2. The highest BCUT2D eigenvalue weighted by molar-refractivity contribution is 6.30. The molecule has 2 nitrogen and oxygen atoms in total. The molecule has 0 aliphatic carbocycles. The molecule has 1 aromatic carbocycles. The van der Waals surface area contributed by atoms with Crippen LogP contribution in [0.5, 0.6) is 0 Å². The highest BCUT2D eigenvalue weighted by atomic mass is 35.5. The van der Waals surface area contributed by atoms with Crippen LogP contribution in [0.15, 0.2) is 36.4 Å². The molecule has 0 aliphatic rings. The summed E-state index contributed by atoms with van der Waals surface area (Å²) >= 11 is 11.8. The zero-order valence-electron chi connectivity index (χ0n) is 12.7. The van der Waals surface area contributed by atoms with E-state index in [0.29, 0.717) is 11.6 Å². The number of benzene rings is 1. The van der Waals surface area contributed by atoms with Crippen LogP contribution < -0.4 is 0 Å². The molecule has 0 aromatic heterocycles. The number of carbonyl (C=O) groups is 1. The first-order valence-electron chi connectivity index (χ1n) is 7.38. The summed E-state index contributed by atoms with van der Waals surface area (Å²) in [5, 5.41) is 0.570. The van der Waals surface area contributed by atoms with Crippen molar-refractivity contribution >= 4 is 29.1 Å². The van der Waals surface area contributed by atoms with Gasteiger partial charge in [0.2, 0.25) is 5.91 Å². The Morgan fingerprint density at radius 3 is 2.52 bits per heavy atom. The Morgan fingerprint density at radius 1 is 1.29 bits per heavy atom. The average Bonchev–Trinajstić information content (AvgIpc) is 2.46. The van der Waals surface area contributed by atoms with E-state index >= 15 is 0 Å². The smallest absolute Gasteiger partial charge is 0.246 e. The van der Waals surface area contributed by atoms with Crippen molar-refractivity contribution in [2.24, 2.45) is 0 Å². The topological polar surface area (TPSA) is 20.3 Å². The van der Waals surface area contributed by atoms with Crippen LogP contribution in [0, 0.1) is 0 Å². The number of rotatable bonds is 8. The fourth-order valence-electron chi connectivity index (χ4n) is 1.95. The van der Waals surface area contributed by atoms with E-state index in [1.165, 1.54) is 0 Å². The van der Waals surface area contributed by atoms with E-state index in [0.717, 1.165) is 31.4 Å². The van der Waals surface area contributed by atoms with E-state index in [-0.39, 0.29) is 11.3 Å². The third-order valence-corrected chi connectivity index (χ3v) is 3.53. The number of alkyl halides is 1. The molecule has 0 radical (unpaired) electrons. The summed E-state index contributed by atoms with van der Waals surface area (Å²) in [6.45, 7) is 5.35. The van der Waals surface area contributed by atoms with E-state index in [1.54, 1.807) is 12.2 Å². The second kappa shape index (κ2) is 9.86. The van der Waals surface area contributed by atoms with E-state index in [2.05, 4.69) is 6.92 Å². The van der Waals surface area contributed by atoms with Gasteiger partial charge in [-0.05, 0) is 31.0 Å². The average molecular weight is 328 g/mol. The first-order valence-corrected chi connectivity index (χ1v) is 8.20. The minimum atomic E-state index is -0.137. The van der Waals surface area contributed by atoms with Gasteiger partial charge in [-0.25, -0.2) is 0 Å². The predicted octanol–water partition coefficient (Wildman–Crippen LogP) is 5.04. The van der Waals surface area contributed by atoms with Crippen LogP contribution in [0.3, 0.4) is 0 Å². The van der Waals surface area contributed by atoms with Crippen LogP contribution in [-0.4, -0.2) is 22.7 Å². The molecule has 4 heteroatoms. The van der Waals surface area contributed by atoms with Gasteiger partial charge < -0.3 is 4.90 Å². The Balaban J connectivity index is 2.71. The van der Waals surface area contributed by atoms with Crippen molar-refractivity contribution < 1.29 is 4.79 Å². The van der Waals surface area contributed by atoms with Crippen molar-refractivity contribution in [3.05, 3.63) is 47.0 Å². The molecule has 0 N–H and O–H groups in total. The highest BCUT2D eigenvalue weighted by Gasteiger charge is 2.11. The number of halogens is 2. The number of hydrogen-bond acceptors (Lipinski definition) is 1. The second-order valence-electron chi connectivity index (χ2n) is 5.13. The van der Waals surface area contributed by atoms with E-state index < -0.39 is 0 Å². The summed E-state index contributed by atoms with van der Waals surface area (Å²) in [7, 11) is 0. The number of allylic oxidation sites excluding steroid dienone is 1. The molecule has 1 rings (SSSR count). The fraction of sp³-hybridized carbons (Fsp3) is 0.471. The minimum Gasteiger partial charge on any atom is -0.335 e. The lowest BCUT2D eigenvalue weighted by Crippen LogP contribution is -2.30. The molecule has 1 aromatic rings. The molecular weight excluding hydrogens is 305 g/mol. The van der Waals surface area contributed by atoms with Crippen LogP contribution >= 0.6 is 23.2 Å². The molecule has 116 valence electrons. The first kappa shape index (κ1) is 18.1. The molecule has 1 atom stereocenters. The number of carbonyl (C=O) groups excluding carboxylic acids is 1. The summed E-state index contributed by atoms with van der Waals surface area (Å²) < 4.78 is 0. The second-order valence-corrected chi connectivity index (χ2v) is 6.25. The van der Waals surface area contributed by atoms with Crippen LogP contribution in [0.2, 0.25) is 5.02 Å². The molecule has 21 heavy (non-hydrogen) atoms. The lowest BCUT2D eigenvalue weighted by molar-refractivity contribution is -0.126. The van der Waals surface area contributed by atoms with Crippen LogP contribution in [-0.2, 0) is 11.3 Å². The van der Waals surface area contributed by atoms with Crippen molar-refractivity contribution in [2.75, 3.05) is 6.54 Å². The van der Waals surface area contributed by atoms with Gasteiger partial charge in [0.15, 0.2) is 0 Å². The third kappa shape index (κ3) is 7.54. The lowest BCUT2D eigenvalue weighted by atomic mass is 10.2. The van der Waals surface area contributed by atoms with Gasteiger partial charge >= 0.3 is 0 Å². The van der Waals surface area contributed by atoms with Gasteiger partial charge in [-0.3, -0.25) is 4.79 Å². The first-order chi connectivity index (χ1) is 10.0. The molecule has 0 saturated carbocycles. The quantitative estimate of drug-likeness (QED) is 0.372. The maximum Gasteiger partial charge on any atom is 0.246 e. The molecule has 0 heterocycles. The van der Waals surface area contributed by atoms with Crippen LogP contribution in [0.4, 0.5) is 0 Å². The summed E-state index contributed by atoms with van der Waals surface area (Å²) in [5.74, 6) is 0.00792. The van der Waals surface area contributed by atoms with Gasteiger partial charge in [0, 0.05) is 29.6 Å². The Hall–Kier alpha value is -0.990. The van der Waals surface area contributed by atoms with Gasteiger partial charge in [-0.1, -0.05) is 49.6 Å². The predicted molar refractivity (Wildman–Crippen MR) is 90.8 cm³/mol. The summed E-state index contributed by atoms with van der Waals surface area (Å²) in [4.78, 5) is 14.1. The van der Waals surface area contributed by atoms with Crippen LogP contribution in [0.25, 0.3) is 0 Å². The lowest BCUT2D eigenvalue weighted by Gasteiger charge is -2.21. The standard InChI is InChI=1S/C17H23Cl2NO/c1-3-4-5-12-20(17(21)11-6-14(2)18)13-15-7-9-16(19)10-8-15/h6-11,14H,3-5,12-13H2,1-2H3/b11-6+.